The molecule has 1 aromatic heterocycles. The van der Waals surface area contributed by atoms with E-state index in [2.05, 4.69) is 231 Å². The monoisotopic (exact) mass is 889 g/mol. The predicted molar refractivity (Wildman–Crippen MR) is 289 cm³/mol. The van der Waals surface area contributed by atoms with Gasteiger partial charge >= 0.3 is 0 Å². The number of benzene rings is 9. The number of hydrogen-bond acceptors (Lipinski definition) is 3. The number of anilines is 6. The molecule has 0 bridgehead atoms. The molecule has 0 amide bonds. The molecule has 2 aliphatic heterocycles. The number of nitrogens with zero attached hydrogens (tertiary/aromatic N) is 2. The lowest BCUT2D eigenvalue weighted by atomic mass is 9.36. The Morgan fingerprint density at radius 3 is 1.68 bits per heavy atom. The molecule has 0 fully saturated rings. The van der Waals surface area contributed by atoms with Crippen molar-refractivity contribution in [3.63, 3.8) is 0 Å². The molecular formula is C64H47BN2S. The van der Waals surface area contributed by atoms with Gasteiger partial charge < -0.3 is 9.80 Å². The van der Waals surface area contributed by atoms with Crippen molar-refractivity contribution in [3.8, 4) is 44.5 Å². The molecule has 0 atom stereocenters. The summed E-state index contributed by atoms with van der Waals surface area (Å²) >= 11 is 1.95. The van der Waals surface area contributed by atoms with Crippen LogP contribution in [-0.4, -0.2) is 6.71 Å². The minimum atomic E-state index is -2.39. The van der Waals surface area contributed by atoms with Crippen LogP contribution in [0.25, 0.3) is 44.5 Å². The van der Waals surface area contributed by atoms with Gasteiger partial charge in [-0.1, -0.05) is 191 Å². The second-order valence-corrected chi connectivity index (χ2v) is 20.8. The van der Waals surface area contributed by atoms with Gasteiger partial charge in [0.2, 0.25) is 0 Å². The summed E-state index contributed by atoms with van der Waals surface area (Å²) in [6.45, 7) is 4.22. The molecule has 4 aliphatic rings. The first-order chi connectivity index (χ1) is 34.5. The van der Waals surface area contributed by atoms with Crippen molar-refractivity contribution < 1.29 is 4.11 Å². The van der Waals surface area contributed by atoms with E-state index in [9.17, 15) is 0 Å². The van der Waals surface area contributed by atoms with E-state index in [1.165, 1.54) is 65.2 Å². The van der Waals surface area contributed by atoms with E-state index in [1.807, 2.05) is 23.5 Å². The SMILES string of the molecule is [2H]C([2H])([2H])c1cc2c3c(c1)N(c1ccccc1)c1c(sc4c1-c1ccccc1C41c4ccccc4-c4ccccc41)B3c1ccc(-c3cc(C(C)(C)C)ccc3-c3ccccc3)cc1N2c1ccccc1. The third-order valence-corrected chi connectivity index (χ3v) is 16.5. The van der Waals surface area contributed by atoms with Crippen LogP contribution in [0.15, 0.2) is 212 Å². The minimum absolute atomic E-state index is 0.0751. The second-order valence-electron chi connectivity index (χ2n) is 19.8. The van der Waals surface area contributed by atoms with Crippen LogP contribution in [0.5, 0.6) is 0 Å². The van der Waals surface area contributed by atoms with E-state index in [0.717, 1.165) is 56.3 Å². The standard InChI is InChI=1S/C64H47BN2S/c1-40-36-56-59-57(37-40)67(45-24-12-7-13-25-45)60-58-49-28-16-19-31-53(49)64(51-29-17-14-26-47(51)48-27-15-18-30-52(48)64)61(58)68-62(60)65(59)54-35-32-42(38-55(54)66(56)44-22-10-6-11-23-44)50-39-43(63(2,3)4)33-34-46(50)41-20-8-5-9-21-41/h5-39H,1-4H3/i1D3. The second kappa shape index (κ2) is 14.4. The summed E-state index contributed by atoms with van der Waals surface area (Å²) in [6, 6.07) is 76.8. The number of thiophene rings is 1. The van der Waals surface area contributed by atoms with Crippen LogP contribution < -0.4 is 25.5 Å². The predicted octanol–water partition coefficient (Wildman–Crippen LogP) is 15.1. The van der Waals surface area contributed by atoms with Crippen LogP contribution in [0.4, 0.5) is 34.1 Å². The Balaban J connectivity index is 1.12. The Kier molecular flexibility index (Phi) is 7.73. The summed E-state index contributed by atoms with van der Waals surface area (Å²) in [5.74, 6) is 0. The lowest BCUT2D eigenvalue weighted by Gasteiger charge is -2.43. The Hall–Kier alpha value is -7.66. The maximum atomic E-state index is 9.12. The highest BCUT2D eigenvalue weighted by Gasteiger charge is 2.56. The fourth-order valence-corrected chi connectivity index (χ4v) is 13.9. The zero-order valence-corrected chi connectivity index (χ0v) is 38.9. The van der Waals surface area contributed by atoms with Gasteiger partial charge in [0, 0.05) is 47.8 Å². The molecule has 14 rings (SSSR count). The Labute approximate surface area is 407 Å². The van der Waals surface area contributed by atoms with Gasteiger partial charge in [0.05, 0.1) is 11.1 Å². The average Bonchev–Trinajstić information content (AvgIpc) is 4.03. The van der Waals surface area contributed by atoms with Crippen LogP contribution in [-0.2, 0) is 10.8 Å². The van der Waals surface area contributed by atoms with Crippen LogP contribution in [0, 0.1) is 6.85 Å². The topological polar surface area (TPSA) is 6.48 Å². The average molecular weight is 890 g/mol. The lowest BCUT2D eigenvalue weighted by Crippen LogP contribution is -2.60. The Morgan fingerprint density at radius 2 is 1.04 bits per heavy atom. The first-order valence-electron chi connectivity index (χ1n) is 25.2. The number of para-hydroxylation sites is 2. The van der Waals surface area contributed by atoms with E-state index < -0.39 is 12.3 Å². The molecule has 68 heavy (non-hydrogen) atoms. The fraction of sp³-hybridized carbons (Fsp3) is 0.0938. The number of hydrogen-bond donors (Lipinski definition) is 0. The van der Waals surface area contributed by atoms with Gasteiger partial charge in [-0.05, 0) is 132 Å². The summed E-state index contributed by atoms with van der Waals surface area (Å²) in [7, 11) is 0. The first kappa shape index (κ1) is 36.5. The quantitative estimate of drug-likeness (QED) is 0.162. The number of aryl methyl sites for hydroxylation is 1. The Bertz CT molecular complexity index is 3770. The zero-order valence-electron chi connectivity index (χ0n) is 41.1. The molecule has 2 aliphatic carbocycles. The molecule has 322 valence electrons. The molecule has 0 saturated heterocycles. The third-order valence-electron chi connectivity index (χ3n) is 15.1. The molecular weight excluding hydrogens is 840 g/mol. The molecule has 0 saturated carbocycles. The van der Waals surface area contributed by atoms with Gasteiger partial charge in [-0.2, -0.15) is 0 Å². The smallest absolute Gasteiger partial charge is 0.264 e. The molecule has 1 spiro atoms. The van der Waals surface area contributed by atoms with Crippen molar-refractivity contribution in [3.05, 3.63) is 245 Å². The maximum Gasteiger partial charge on any atom is 0.264 e. The van der Waals surface area contributed by atoms with Crippen molar-refractivity contribution in [1.29, 1.82) is 0 Å². The zero-order chi connectivity index (χ0) is 48.0. The van der Waals surface area contributed by atoms with Crippen molar-refractivity contribution in [2.45, 2.75) is 38.5 Å². The van der Waals surface area contributed by atoms with E-state index >= 15 is 0 Å². The van der Waals surface area contributed by atoms with Crippen molar-refractivity contribution in [1.82, 2.24) is 0 Å². The fourth-order valence-electron chi connectivity index (χ4n) is 12.2. The number of rotatable bonds is 4. The summed E-state index contributed by atoms with van der Waals surface area (Å²) in [4.78, 5) is 6.06. The molecule has 0 radical (unpaired) electrons. The molecule has 0 N–H and O–H groups in total. The minimum Gasteiger partial charge on any atom is -0.311 e. The summed E-state index contributed by atoms with van der Waals surface area (Å²) in [6.07, 6.45) is 0. The largest absolute Gasteiger partial charge is 0.311 e. The molecule has 10 aromatic rings. The first-order valence-corrected chi connectivity index (χ1v) is 24.5. The molecule has 2 nitrogen and oxygen atoms in total. The summed E-state index contributed by atoms with van der Waals surface area (Å²) < 4.78 is 28.6. The van der Waals surface area contributed by atoms with E-state index in [-0.39, 0.29) is 12.1 Å². The van der Waals surface area contributed by atoms with Gasteiger partial charge in [-0.15, -0.1) is 11.3 Å². The van der Waals surface area contributed by atoms with E-state index in [1.54, 1.807) is 0 Å². The molecule has 9 aromatic carbocycles. The lowest BCUT2D eigenvalue weighted by molar-refractivity contribution is 0.590. The van der Waals surface area contributed by atoms with Crippen molar-refractivity contribution >= 4 is 67.9 Å². The van der Waals surface area contributed by atoms with Crippen LogP contribution in [0.1, 0.15) is 57.6 Å². The molecule has 4 heteroatoms. The summed E-state index contributed by atoms with van der Waals surface area (Å²) in [5.41, 5.74) is 22.6. The van der Waals surface area contributed by atoms with Gasteiger partial charge in [-0.25, -0.2) is 0 Å². The Morgan fingerprint density at radius 1 is 0.485 bits per heavy atom. The van der Waals surface area contributed by atoms with Gasteiger partial charge in [0.25, 0.3) is 6.71 Å². The van der Waals surface area contributed by atoms with E-state index in [4.69, 9.17) is 4.11 Å². The van der Waals surface area contributed by atoms with Crippen LogP contribution in [0.3, 0.4) is 0 Å². The number of fused-ring (bicyclic) bond motifs is 15. The van der Waals surface area contributed by atoms with Gasteiger partial charge in [0.1, 0.15) is 0 Å². The maximum absolute atomic E-state index is 9.12. The van der Waals surface area contributed by atoms with Gasteiger partial charge in [0.15, 0.2) is 0 Å². The molecule has 3 heterocycles. The van der Waals surface area contributed by atoms with Crippen molar-refractivity contribution in [2.75, 3.05) is 9.80 Å². The highest BCUT2D eigenvalue weighted by Crippen LogP contribution is 2.67. The summed E-state index contributed by atoms with van der Waals surface area (Å²) in [5, 5.41) is 0. The highest BCUT2D eigenvalue weighted by atomic mass is 32.1. The third kappa shape index (κ3) is 5.35. The normalized spacial score (nSPS) is 15.0. The molecule has 0 unspecified atom stereocenters. The van der Waals surface area contributed by atoms with E-state index in [0.29, 0.717) is 5.56 Å². The van der Waals surface area contributed by atoms with Crippen LogP contribution >= 0.6 is 11.3 Å². The highest BCUT2D eigenvalue weighted by molar-refractivity contribution is 7.30. The van der Waals surface area contributed by atoms with Crippen molar-refractivity contribution in [2.24, 2.45) is 0 Å². The van der Waals surface area contributed by atoms with Gasteiger partial charge in [-0.3, -0.25) is 0 Å². The van der Waals surface area contributed by atoms with Crippen LogP contribution in [0.2, 0.25) is 0 Å².